The highest BCUT2D eigenvalue weighted by molar-refractivity contribution is 5.79. The Morgan fingerprint density at radius 1 is 1.64 bits per heavy atom. The molecule has 0 aliphatic rings. The van der Waals surface area contributed by atoms with E-state index in [1.807, 2.05) is 0 Å². The fourth-order valence-corrected chi connectivity index (χ4v) is 1.01. The summed E-state index contributed by atoms with van der Waals surface area (Å²) in [7, 11) is 0. The van der Waals surface area contributed by atoms with Crippen molar-refractivity contribution in [3.63, 3.8) is 0 Å². The van der Waals surface area contributed by atoms with Gasteiger partial charge < -0.3 is 5.73 Å². The molecule has 2 N–H and O–H groups in total. The van der Waals surface area contributed by atoms with Gasteiger partial charge in [-0.05, 0) is 6.07 Å². The van der Waals surface area contributed by atoms with E-state index in [-0.39, 0.29) is 17.7 Å². The summed E-state index contributed by atoms with van der Waals surface area (Å²) in [6.45, 7) is 0. The van der Waals surface area contributed by atoms with E-state index in [9.17, 15) is 13.6 Å². The standard InChI is InChI=1S/C8H5F2N3O/c9-8(10)7-4(3-14)1-6(12)13-5(7)2-11/h1,3,8H,(H2,12,13). The first-order valence-corrected chi connectivity index (χ1v) is 3.54. The lowest BCUT2D eigenvalue weighted by Crippen LogP contribution is -2.03. The summed E-state index contributed by atoms with van der Waals surface area (Å²) >= 11 is 0. The fourth-order valence-electron chi connectivity index (χ4n) is 1.01. The Labute approximate surface area is 78.0 Å². The van der Waals surface area contributed by atoms with Crippen molar-refractivity contribution in [2.75, 3.05) is 5.73 Å². The molecule has 1 aromatic heterocycles. The second-order valence-electron chi connectivity index (χ2n) is 2.43. The number of rotatable bonds is 2. The summed E-state index contributed by atoms with van der Waals surface area (Å²) in [5.74, 6) is -0.131. The van der Waals surface area contributed by atoms with Crippen LogP contribution in [0.15, 0.2) is 6.07 Å². The zero-order valence-corrected chi connectivity index (χ0v) is 6.87. The number of carbonyl (C=O) groups excluding carboxylic acids is 1. The number of nitrogen functional groups attached to an aromatic ring is 1. The fraction of sp³-hybridized carbons (Fsp3) is 0.125. The van der Waals surface area contributed by atoms with Crippen LogP contribution in [0.25, 0.3) is 0 Å². The summed E-state index contributed by atoms with van der Waals surface area (Å²) in [5.41, 5.74) is 3.73. The van der Waals surface area contributed by atoms with Gasteiger partial charge in [-0.2, -0.15) is 5.26 Å². The van der Waals surface area contributed by atoms with Crippen LogP contribution in [0.3, 0.4) is 0 Å². The molecule has 0 fully saturated rings. The smallest absolute Gasteiger partial charge is 0.267 e. The van der Waals surface area contributed by atoms with Crippen LogP contribution >= 0.6 is 0 Å². The van der Waals surface area contributed by atoms with Crippen LogP contribution in [0.5, 0.6) is 0 Å². The Kier molecular flexibility index (Phi) is 2.72. The maximum atomic E-state index is 12.4. The van der Waals surface area contributed by atoms with Gasteiger partial charge in [0.25, 0.3) is 6.43 Å². The molecule has 14 heavy (non-hydrogen) atoms. The molecule has 1 rings (SSSR count). The van der Waals surface area contributed by atoms with E-state index in [0.29, 0.717) is 0 Å². The van der Waals surface area contributed by atoms with Gasteiger partial charge >= 0.3 is 0 Å². The number of alkyl halides is 2. The third-order valence-electron chi connectivity index (χ3n) is 1.56. The molecule has 0 aliphatic heterocycles. The number of nitrogens with two attached hydrogens (primary N) is 1. The molecule has 0 atom stereocenters. The van der Waals surface area contributed by atoms with Crippen molar-refractivity contribution in [1.29, 1.82) is 5.26 Å². The molecular formula is C8H5F2N3O. The number of pyridine rings is 1. The van der Waals surface area contributed by atoms with Gasteiger partial charge in [-0.25, -0.2) is 13.8 Å². The molecule has 0 aromatic carbocycles. The lowest BCUT2D eigenvalue weighted by atomic mass is 10.1. The molecular weight excluding hydrogens is 192 g/mol. The maximum Gasteiger partial charge on any atom is 0.267 e. The normalized spacial score (nSPS) is 9.86. The summed E-state index contributed by atoms with van der Waals surface area (Å²) in [6, 6.07) is 2.47. The summed E-state index contributed by atoms with van der Waals surface area (Å²) in [6.07, 6.45) is -2.70. The minimum Gasteiger partial charge on any atom is -0.384 e. The van der Waals surface area contributed by atoms with Gasteiger partial charge in [-0.1, -0.05) is 0 Å². The Morgan fingerprint density at radius 3 is 2.71 bits per heavy atom. The quantitative estimate of drug-likeness (QED) is 0.724. The van der Waals surface area contributed by atoms with Gasteiger partial charge in [0.05, 0.1) is 5.56 Å². The molecule has 1 heterocycles. The van der Waals surface area contributed by atoms with E-state index in [4.69, 9.17) is 11.0 Å². The topological polar surface area (TPSA) is 79.8 Å². The van der Waals surface area contributed by atoms with Crippen molar-refractivity contribution < 1.29 is 13.6 Å². The number of nitrogens with zero attached hydrogens (tertiary/aromatic N) is 2. The molecule has 0 unspecified atom stereocenters. The molecule has 72 valence electrons. The maximum absolute atomic E-state index is 12.4. The van der Waals surface area contributed by atoms with E-state index in [1.54, 1.807) is 0 Å². The van der Waals surface area contributed by atoms with E-state index < -0.39 is 17.7 Å². The number of hydrogen-bond donors (Lipinski definition) is 1. The predicted octanol–water partition coefficient (Wildman–Crippen LogP) is 1.29. The molecule has 6 heteroatoms. The van der Waals surface area contributed by atoms with Crippen LogP contribution in [0.4, 0.5) is 14.6 Å². The number of anilines is 1. The van der Waals surface area contributed by atoms with Gasteiger partial charge in [0.15, 0.2) is 12.0 Å². The molecule has 0 saturated carbocycles. The van der Waals surface area contributed by atoms with Crippen molar-refractivity contribution >= 4 is 12.1 Å². The first-order valence-electron chi connectivity index (χ1n) is 3.54. The Bertz CT molecular complexity index is 412. The first-order chi connectivity index (χ1) is 6.60. The Hall–Kier alpha value is -2.03. The third-order valence-corrected chi connectivity index (χ3v) is 1.56. The number of aldehydes is 1. The second-order valence-corrected chi connectivity index (χ2v) is 2.43. The summed E-state index contributed by atoms with van der Waals surface area (Å²) in [4.78, 5) is 13.8. The number of hydrogen-bond acceptors (Lipinski definition) is 4. The zero-order valence-electron chi connectivity index (χ0n) is 6.87. The van der Waals surface area contributed by atoms with Crippen LogP contribution in [0.2, 0.25) is 0 Å². The highest BCUT2D eigenvalue weighted by Crippen LogP contribution is 2.25. The van der Waals surface area contributed by atoms with E-state index in [2.05, 4.69) is 4.98 Å². The van der Waals surface area contributed by atoms with Crippen molar-refractivity contribution in [1.82, 2.24) is 4.98 Å². The van der Waals surface area contributed by atoms with Crippen molar-refractivity contribution in [3.8, 4) is 6.07 Å². The van der Waals surface area contributed by atoms with Crippen LogP contribution in [-0.2, 0) is 0 Å². The average molecular weight is 197 g/mol. The van der Waals surface area contributed by atoms with Crippen LogP contribution in [0.1, 0.15) is 28.0 Å². The van der Waals surface area contributed by atoms with Crippen molar-refractivity contribution in [2.45, 2.75) is 6.43 Å². The molecule has 0 radical (unpaired) electrons. The molecule has 1 aromatic rings. The number of aromatic nitrogens is 1. The van der Waals surface area contributed by atoms with Crippen LogP contribution in [0, 0.1) is 11.3 Å². The average Bonchev–Trinajstić information content (AvgIpc) is 2.15. The molecule has 4 nitrogen and oxygen atoms in total. The summed E-state index contributed by atoms with van der Waals surface area (Å²) < 4.78 is 24.8. The molecule has 0 bridgehead atoms. The molecule has 0 saturated heterocycles. The Morgan fingerprint density at radius 2 is 2.29 bits per heavy atom. The monoisotopic (exact) mass is 197 g/mol. The predicted molar refractivity (Wildman–Crippen MR) is 43.7 cm³/mol. The SMILES string of the molecule is N#Cc1nc(N)cc(C=O)c1C(F)F. The number of carbonyl (C=O) groups is 1. The van der Waals surface area contributed by atoms with E-state index >= 15 is 0 Å². The number of nitriles is 1. The highest BCUT2D eigenvalue weighted by atomic mass is 19.3. The largest absolute Gasteiger partial charge is 0.384 e. The van der Waals surface area contributed by atoms with Gasteiger partial charge in [-0.3, -0.25) is 4.79 Å². The molecule has 0 aliphatic carbocycles. The van der Waals surface area contributed by atoms with Gasteiger partial charge in [0.1, 0.15) is 11.9 Å². The summed E-state index contributed by atoms with van der Waals surface area (Å²) in [5, 5.41) is 8.49. The number of halogens is 2. The van der Waals surface area contributed by atoms with E-state index in [0.717, 1.165) is 6.07 Å². The van der Waals surface area contributed by atoms with Gasteiger partial charge in [0, 0.05) is 5.56 Å². The van der Waals surface area contributed by atoms with Crippen molar-refractivity contribution in [3.05, 3.63) is 22.9 Å². The third kappa shape index (κ3) is 1.66. The lowest BCUT2D eigenvalue weighted by Gasteiger charge is -2.05. The van der Waals surface area contributed by atoms with E-state index in [1.165, 1.54) is 6.07 Å². The van der Waals surface area contributed by atoms with Crippen molar-refractivity contribution in [2.24, 2.45) is 0 Å². The van der Waals surface area contributed by atoms with Gasteiger partial charge in [-0.15, -0.1) is 0 Å². The second kappa shape index (κ2) is 3.79. The minimum absolute atomic E-state index is 0.131. The lowest BCUT2D eigenvalue weighted by molar-refractivity contribution is 0.110. The first kappa shape index (κ1) is 10.1. The van der Waals surface area contributed by atoms with Crippen LogP contribution < -0.4 is 5.73 Å². The highest BCUT2D eigenvalue weighted by Gasteiger charge is 2.19. The van der Waals surface area contributed by atoms with Gasteiger partial charge in [0.2, 0.25) is 0 Å². The Balaban J connectivity index is 3.50. The minimum atomic E-state index is -2.92. The van der Waals surface area contributed by atoms with Crippen LogP contribution in [-0.4, -0.2) is 11.3 Å². The molecule has 0 spiro atoms. The molecule has 0 amide bonds. The zero-order chi connectivity index (χ0) is 10.7.